The van der Waals surface area contributed by atoms with Gasteiger partial charge in [0.05, 0.1) is 12.7 Å². The molecule has 2 aromatic carbocycles. The Kier molecular flexibility index (Phi) is 6.39. The van der Waals surface area contributed by atoms with Crippen molar-refractivity contribution in [3.8, 4) is 16.9 Å². The molecule has 1 aliphatic heterocycles. The number of thioether (sulfide) groups is 1. The number of carbonyl (C=O) groups excluding carboxylic acids is 1. The van der Waals surface area contributed by atoms with Gasteiger partial charge < -0.3 is 9.47 Å². The van der Waals surface area contributed by atoms with Crippen molar-refractivity contribution in [3.63, 3.8) is 0 Å². The van der Waals surface area contributed by atoms with Gasteiger partial charge in [-0.3, -0.25) is 4.90 Å². The first-order chi connectivity index (χ1) is 13.0. The van der Waals surface area contributed by atoms with Gasteiger partial charge in [0, 0.05) is 17.8 Å². The topological polar surface area (TPSA) is 38.8 Å². The molecule has 0 aromatic heterocycles. The second-order valence-corrected chi connectivity index (χ2v) is 7.84. The molecule has 0 saturated carbocycles. The minimum absolute atomic E-state index is 0.321. The molecule has 0 spiro atoms. The average Bonchev–Trinajstić information content (AvgIpc) is 3.06. The average molecular weight is 389 g/mol. The lowest BCUT2D eigenvalue weighted by atomic mass is 9.99. The molecular weight excluding hydrogens is 365 g/mol. The second-order valence-electron chi connectivity index (χ2n) is 6.70. The van der Waals surface area contributed by atoms with Crippen molar-refractivity contribution in [2.24, 2.45) is 0 Å². The second kappa shape index (κ2) is 8.76. The van der Waals surface area contributed by atoms with E-state index in [4.69, 9.17) is 9.47 Å². The molecule has 0 aliphatic carbocycles. The van der Waals surface area contributed by atoms with Crippen LogP contribution in [0.1, 0.15) is 16.8 Å². The van der Waals surface area contributed by atoms with Crippen molar-refractivity contribution in [1.82, 2.24) is 4.90 Å². The maximum atomic E-state index is 13.3. The number of methoxy groups -OCH3 is 1. The van der Waals surface area contributed by atoms with Crippen molar-refractivity contribution in [1.29, 1.82) is 0 Å². The molecule has 27 heavy (non-hydrogen) atoms. The van der Waals surface area contributed by atoms with Gasteiger partial charge in [0.25, 0.3) is 0 Å². The van der Waals surface area contributed by atoms with Gasteiger partial charge in [-0.15, -0.1) is 0 Å². The summed E-state index contributed by atoms with van der Waals surface area (Å²) in [7, 11) is 3.47. The summed E-state index contributed by atoms with van der Waals surface area (Å²) in [4.78, 5) is 14.4. The fraction of sp³-hybridized carbons (Fsp3) is 0.381. The highest BCUT2D eigenvalue weighted by Gasteiger charge is 2.29. The Bertz CT molecular complexity index is 797. The molecule has 0 N–H and O–H groups in total. The first-order valence-electron chi connectivity index (χ1n) is 8.86. The van der Waals surface area contributed by atoms with E-state index < -0.39 is 5.97 Å². The van der Waals surface area contributed by atoms with Crippen LogP contribution in [0.25, 0.3) is 11.1 Å². The molecule has 0 bridgehead atoms. The van der Waals surface area contributed by atoms with Crippen molar-refractivity contribution >= 4 is 17.7 Å². The number of likely N-dealkylation sites (N-methyl/N-ethyl adjacent to an activating group) is 1. The highest BCUT2D eigenvalue weighted by molar-refractivity contribution is 7.99. The van der Waals surface area contributed by atoms with E-state index in [2.05, 4.69) is 18.2 Å². The summed E-state index contributed by atoms with van der Waals surface area (Å²) in [6.07, 6.45) is 3.24. The number of hydrogen-bond acceptors (Lipinski definition) is 5. The van der Waals surface area contributed by atoms with Gasteiger partial charge in [-0.25, -0.2) is 9.18 Å². The standard InChI is InChI=1S/C21H24FNO3S/c1-23-12-18(27-3)10-16(23)13-26-17-8-9-19(21(24)25-2)20(11-17)14-4-6-15(22)7-5-14/h4-9,11,16,18H,10,12-13H2,1-3H3. The highest BCUT2D eigenvalue weighted by atomic mass is 32.2. The predicted molar refractivity (Wildman–Crippen MR) is 107 cm³/mol. The molecule has 0 amide bonds. The Balaban J connectivity index is 1.81. The Morgan fingerprint density at radius 1 is 1.26 bits per heavy atom. The van der Waals surface area contributed by atoms with Crippen molar-refractivity contribution in [3.05, 3.63) is 53.8 Å². The maximum absolute atomic E-state index is 13.3. The largest absolute Gasteiger partial charge is 0.492 e. The minimum atomic E-state index is -0.431. The first kappa shape index (κ1) is 19.7. The monoisotopic (exact) mass is 389 g/mol. The van der Waals surface area contributed by atoms with E-state index in [1.54, 1.807) is 24.3 Å². The van der Waals surface area contributed by atoms with Gasteiger partial charge in [-0.05, 0) is 61.2 Å². The molecule has 1 aliphatic rings. The molecule has 3 rings (SSSR count). The van der Waals surface area contributed by atoms with Crippen LogP contribution in [0, 0.1) is 5.82 Å². The lowest BCUT2D eigenvalue weighted by Crippen LogP contribution is -2.30. The lowest BCUT2D eigenvalue weighted by Gasteiger charge is -2.20. The van der Waals surface area contributed by atoms with E-state index in [0.29, 0.717) is 34.8 Å². The van der Waals surface area contributed by atoms with Crippen LogP contribution in [0.4, 0.5) is 4.39 Å². The number of ether oxygens (including phenoxy) is 2. The third-order valence-corrected chi connectivity index (χ3v) is 5.99. The Morgan fingerprint density at radius 2 is 2.00 bits per heavy atom. The summed E-state index contributed by atoms with van der Waals surface area (Å²) in [5.74, 6) is -0.0689. The minimum Gasteiger partial charge on any atom is -0.492 e. The smallest absolute Gasteiger partial charge is 0.338 e. The van der Waals surface area contributed by atoms with E-state index in [9.17, 15) is 9.18 Å². The molecule has 144 valence electrons. The quantitative estimate of drug-likeness (QED) is 0.696. The normalized spacial score (nSPS) is 19.9. The van der Waals surface area contributed by atoms with Crippen LogP contribution in [0.5, 0.6) is 5.75 Å². The maximum Gasteiger partial charge on any atom is 0.338 e. The van der Waals surface area contributed by atoms with Gasteiger partial charge in [0.2, 0.25) is 0 Å². The van der Waals surface area contributed by atoms with E-state index in [1.165, 1.54) is 19.2 Å². The zero-order valence-corrected chi connectivity index (χ0v) is 16.6. The third kappa shape index (κ3) is 4.62. The molecule has 1 saturated heterocycles. The summed E-state index contributed by atoms with van der Waals surface area (Å²) >= 11 is 1.89. The van der Waals surface area contributed by atoms with E-state index >= 15 is 0 Å². The number of carbonyl (C=O) groups is 1. The highest BCUT2D eigenvalue weighted by Crippen LogP contribution is 2.30. The number of rotatable bonds is 6. The molecule has 2 atom stereocenters. The number of halogens is 1. The van der Waals surface area contributed by atoms with Crippen molar-refractivity contribution < 1.29 is 18.7 Å². The van der Waals surface area contributed by atoms with E-state index in [1.807, 2.05) is 17.8 Å². The molecule has 6 heteroatoms. The zero-order valence-electron chi connectivity index (χ0n) is 15.8. The fourth-order valence-corrected chi connectivity index (χ4v) is 4.15. The summed E-state index contributed by atoms with van der Waals surface area (Å²) in [6, 6.07) is 11.7. The number of esters is 1. The molecule has 4 nitrogen and oxygen atoms in total. The molecule has 2 unspecified atom stereocenters. The Morgan fingerprint density at radius 3 is 2.63 bits per heavy atom. The van der Waals surface area contributed by atoms with Gasteiger partial charge in [-0.1, -0.05) is 12.1 Å². The molecule has 2 aromatic rings. The van der Waals surface area contributed by atoms with Crippen LogP contribution in [-0.2, 0) is 4.74 Å². The molecule has 0 radical (unpaired) electrons. The molecule has 1 heterocycles. The van der Waals surface area contributed by atoms with Crippen molar-refractivity contribution in [2.75, 3.05) is 33.6 Å². The summed E-state index contributed by atoms with van der Waals surface area (Å²) in [5, 5.41) is 0.639. The van der Waals surface area contributed by atoms with Gasteiger partial charge in [0.1, 0.15) is 18.2 Å². The summed E-state index contributed by atoms with van der Waals surface area (Å²) < 4.78 is 24.2. The zero-order chi connectivity index (χ0) is 19.4. The van der Waals surface area contributed by atoms with Crippen LogP contribution in [0.3, 0.4) is 0 Å². The number of benzene rings is 2. The van der Waals surface area contributed by atoms with Crippen LogP contribution in [0.15, 0.2) is 42.5 Å². The van der Waals surface area contributed by atoms with Gasteiger partial charge in [0.15, 0.2) is 0 Å². The van der Waals surface area contributed by atoms with Crippen LogP contribution < -0.4 is 4.74 Å². The predicted octanol–water partition coefficient (Wildman–Crippen LogP) is 4.09. The first-order valence-corrected chi connectivity index (χ1v) is 10.1. The summed E-state index contributed by atoms with van der Waals surface area (Å²) in [6.45, 7) is 1.66. The van der Waals surface area contributed by atoms with Crippen LogP contribution >= 0.6 is 11.8 Å². The fourth-order valence-electron chi connectivity index (χ4n) is 3.36. The SMILES string of the molecule is COC(=O)c1ccc(OCC2CC(SC)CN2C)cc1-c1ccc(F)cc1. The van der Waals surface area contributed by atoms with Gasteiger partial charge in [-0.2, -0.15) is 11.8 Å². The van der Waals surface area contributed by atoms with E-state index in [-0.39, 0.29) is 5.82 Å². The Labute approximate surface area is 163 Å². The molecule has 1 fully saturated rings. The Hall–Kier alpha value is -2.05. The van der Waals surface area contributed by atoms with Crippen LogP contribution in [0.2, 0.25) is 0 Å². The van der Waals surface area contributed by atoms with E-state index in [0.717, 1.165) is 18.5 Å². The van der Waals surface area contributed by atoms with Gasteiger partial charge >= 0.3 is 5.97 Å². The lowest BCUT2D eigenvalue weighted by molar-refractivity contribution is 0.0601. The number of likely N-dealkylation sites (tertiary alicyclic amines) is 1. The molecular formula is C21H24FNO3S. The van der Waals surface area contributed by atoms with Crippen molar-refractivity contribution in [2.45, 2.75) is 17.7 Å². The number of nitrogens with zero attached hydrogens (tertiary/aromatic N) is 1. The van der Waals surface area contributed by atoms with Crippen LogP contribution in [-0.4, -0.2) is 55.7 Å². The summed E-state index contributed by atoms with van der Waals surface area (Å²) in [5.41, 5.74) is 1.83. The number of hydrogen-bond donors (Lipinski definition) is 0. The third-order valence-electron chi connectivity index (χ3n) is 4.98.